The lowest BCUT2D eigenvalue weighted by Gasteiger charge is -2.08. The maximum absolute atomic E-state index is 12.2. The zero-order chi connectivity index (χ0) is 15.8. The van der Waals surface area contributed by atoms with Gasteiger partial charge in [-0.05, 0) is 35.1 Å². The molecule has 0 aliphatic carbocycles. The van der Waals surface area contributed by atoms with Gasteiger partial charge in [-0.2, -0.15) is 11.8 Å². The van der Waals surface area contributed by atoms with Gasteiger partial charge >= 0.3 is 0 Å². The highest BCUT2D eigenvalue weighted by atomic mass is 32.2. The SMILES string of the molecule is COCc1cccc(CNC(=O)c2ccc(CSC)cc2)c1. The van der Waals surface area contributed by atoms with Gasteiger partial charge < -0.3 is 10.1 Å². The second-order valence-electron chi connectivity index (χ2n) is 5.07. The lowest BCUT2D eigenvalue weighted by molar-refractivity contribution is 0.0951. The summed E-state index contributed by atoms with van der Waals surface area (Å²) in [7, 11) is 1.68. The molecule has 22 heavy (non-hydrogen) atoms. The maximum Gasteiger partial charge on any atom is 0.251 e. The number of nitrogens with one attached hydrogen (secondary N) is 1. The summed E-state index contributed by atoms with van der Waals surface area (Å²) in [5.41, 5.74) is 4.10. The number of benzene rings is 2. The average molecular weight is 315 g/mol. The first-order valence-corrected chi connectivity index (χ1v) is 8.55. The van der Waals surface area contributed by atoms with E-state index >= 15 is 0 Å². The third-order valence-corrected chi connectivity index (χ3v) is 3.90. The number of hydrogen-bond acceptors (Lipinski definition) is 3. The van der Waals surface area contributed by atoms with Gasteiger partial charge in [-0.1, -0.05) is 36.4 Å². The van der Waals surface area contributed by atoms with Crippen LogP contribution in [-0.2, 0) is 23.6 Å². The molecule has 3 nitrogen and oxygen atoms in total. The molecule has 0 aromatic heterocycles. The minimum absolute atomic E-state index is 0.0483. The molecule has 0 heterocycles. The highest BCUT2D eigenvalue weighted by Gasteiger charge is 2.05. The van der Waals surface area contributed by atoms with Crippen LogP contribution in [0.25, 0.3) is 0 Å². The van der Waals surface area contributed by atoms with E-state index in [9.17, 15) is 4.79 Å². The number of carbonyl (C=O) groups excluding carboxylic acids is 1. The molecular weight excluding hydrogens is 294 g/mol. The van der Waals surface area contributed by atoms with Crippen molar-refractivity contribution in [1.29, 1.82) is 0 Å². The first-order chi connectivity index (χ1) is 10.7. The minimum Gasteiger partial charge on any atom is -0.380 e. The molecule has 4 heteroatoms. The van der Waals surface area contributed by atoms with E-state index in [1.807, 2.05) is 48.5 Å². The van der Waals surface area contributed by atoms with Crippen molar-refractivity contribution in [3.8, 4) is 0 Å². The van der Waals surface area contributed by atoms with E-state index < -0.39 is 0 Å². The van der Waals surface area contributed by atoms with Crippen molar-refractivity contribution >= 4 is 17.7 Å². The fourth-order valence-electron chi connectivity index (χ4n) is 2.20. The number of ether oxygens (including phenoxy) is 1. The van der Waals surface area contributed by atoms with Crippen LogP contribution in [0.5, 0.6) is 0 Å². The second-order valence-corrected chi connectivity index (χ2v) is 5.93. The molecule has 1 N–H and O–H groups in total. The van der Waals surface area contributed by atoms with Crippen molar-refractivity contribution in [1.82, 2.24) is 5.32 Å². The Morgan fingerprint density at radius 1 is 1.09 bits per heavy atom. The zero-order valence-electron chi connectivity index (χ0n) is 13.0. The summed E-state index contributed by atoms with van der Waals surface area (Å²) in [5, 5.41) is 2.95. The number of amides is 1. The first kappa shape index (κ1) is 16.6. The number of methoxy groups -OCH3 is 1. The summed E-state index contributed by atoms with van der Waals surface area (Å²) in [6.45, 7) is 1.10. The number of carbonyl (C=O) groups is 1. The van der Waals surface area contributed by atoms with Crippen LogP contribution in [0.3, 0.4) is 0 Å². The van der Waals surface area contributed by atoms with E-state index in [1.54, 1.807) is 18.9 Å². The van der Waals surface area contributed by atoms with Gasteiger partial charge in [-0.25, -0.2) is 0 Å². The quantitative estimate of drug-likeness (QED) is 0.848. The summed E-state index contributed by atoms with van der Waals surface area (Å²) in [5.74, 6) is 0.918. The maximum atomic E-state index is 12.2. The first-order valence-electron chi connectivity index (χ1n) is 7.15. The minimum atomic E-state index is -0.0483. The monoisotopic (exact) mass is 315 g/mol. The molecule has 0 unspecified atom stereocenters. The van der Waals surface area contributed by atoms with Gasteiger partial charge in [0.05, 0.1) is 6.61 Å². The van der Waals surface area contributed by atoms with E-state index in [-0.39, 0.29) is 5.91 Å². The smallest absolute Gasteiger partial charge is 0.251 e. The molecule has 1 amide bonds. The molecular formula is C18H21NO2S. The van der Waals surface area contributed by atoms with Gasteiger partial charge in [0.15, 0.2) is 0 Å². The van der Waals surface area contributed by atoms with Crippen LogP contribution in [0.15, 0.2) is 48.5 Å². The predicted octanol–water partition coefficient (Wildman–Crippen LogP) is 3.63. The van der Waals surface area contributed by atoms with Crippen molar-refractivity contribution < 1.29 is 9.53 Å². The topological polar surface area (TPSA) is 38.3 Å². The average Bonchev–Trinajstić information content (AvgIpc) is 2.54. The highest BCUT2D eigenvalue weighted by molar-refractivity contribution is 7.97. The zero-order valence-corrected chi connectivity index (χ0v) is 13.8. The van der Waals surface area contributed by atoms with E-state index in [2.05, 4.69) is 11.6 Å². The molecule has 0 radical (unpaired) electrons. The van der Waals surface area contributed by atoms with Crippen molar-refractivity contribution in [2.24, 2.45) is 0 Å². The number of thioether (sulfide) groups is 1. The molecule has 0 aliphatic heterocycles. The van der Waals surface area contributed by atoms with Crippen LogP contribution in [-0.4, -0.2) is 19.3 Å². The van der Waals surface area contributed by atoms with Gasteiger partial charge in [-0.15, -0.1) is 0 Å². The number of hydrogen-bond donors (Lipinski definition) is 1. The Morgan fingerprint density at radius 3 is 2.50 bits per heavy atom. The van der Waals surface area contributed by atoms with Crippen LogP contribution in [0.1, 0.15) is 27.0 Å². The summed E-state index contributed by atoms with van der Waals surface area (Å²) >= 11 is 1.77. The van der Waals surface area contributed by atoms with Crippen LogP contribution in [0.4, 0.5) is 0 Å². The Hall–Kier alpha value is -1.78. The van der Waals surface area contributed by atoms with Crippen molar-refractivity contribution in [2.75, 3.05) is 13.4 Å². The standard InChI is InChI=1S/C18H21NO2S/c1-21-12-16-5-3-4-15(10-16)11-19-18(20)17-8-6-14(7-9-17)13-22-2/h3-10H,11-13H2,1-2H3,(H,19,20). The summed E-state index contributed by atoms with van der Waals surface area (Å²) < 4.78 is 5.12. The Labute approximate surface area is 136 Å². The summed E-state index contributed by atoms with van der Waals surface area (Å²) in [6.07, 6.45) is 2.07. The molecule has 0 saturated heterocycles. The fraction of sp³-hybridized carbons (Fsp3) is 0.278. The van der Waals surface area contributed by atoms with Crippen molar-refractivity contribution in [3.05, 3.63) is 70.8 Å². The number of rotatable bonds is 7. The predicted molar refractivity (Wildman–Crippen MR) is 92.0 cm³/mol. The molecule has 116 valence electrons. The summed E-state index contributed by atoms with van der Waals surface area (Å²) in [6, 6.07) is 15.8. The lowest BCUT2D eigenvalue weighted by Crippen LogP contribution is -2.22. The Bertz CT molecular complexity index is 611. The van der Waals surface area contributed by atoms with Gasteiger partial charge in [0, 0.05) is 25.0 Å². The highest BCUT2D eigenvalue weighted by Crippen LogP contribution is 2.11. The Morgan fingerprint density at radius 2 is 1.82 bits per heavy atom. The molecule has 2 aromatic rings. The Balaban J connectivity index is 1.93. The Kier molecular flexibility index (Phi) is 6.49. The van der Waals surface area contributed by atoms with Gasteiger partial charge in [0.25, 0.3) is 5.91 Å². The molecule has 2 rings (SSSR count). The van der Waals surface area contributed by atoms with E-state index in [0.29, 0.717) is 18.7 Å². The van der Waals surface area contributed by atoms with E-state index in [0.717, 1.165) is 16.9 Å². The summed E-state index contributed by atoms with van der Waals surface area (Å²) in [4.78, 5) is 12.2. The van der Waals surface area contributed by atoms with Crippen LogP contribution in [0.2, 0.25) is 0 Å². The second kappa shape index (κ2) is 8.61. The lowest BCUT2D eigenvalue weighted by atomic mass is 10.1. The van der Waals surface area contributed by atoms with Crippen molar-refractivity contribution in [2.45, 2.75) is 18.9 Å². The molecule has 0 spiro atoms. The normalized spacial score (nSPS) is 10.5. The molecule has 2 aromatic carbocycles. The van der Waals surface area contributed by atoms with Crippen LogP contribution in [0, 0.1) is 0 Å². The molecule has 0 bridgehead atoms. The fourth-order valence-corrected chi connectivity index (χ4v) is 2.73. The third kappa shape index (κ3) is 4.90. The molecule has 0 fully saturated rings. The van der Waals surface area contributed by atoms with Gasteiger partial charge in [0.2, 0.25) is 0 Å². The molecule has 0 atom stereocenters. The molecule has 0 saturated carbocycles. The third-order valence-electron chi connectivity index (χ3n) is 3.28. The van der Waals surface area contributed by atoms with Crippen molar-refractivity contribution in [3.63, 3.8) is 0 Å². The van der Waals surface area contributed by atoms with Crippen LogP contribution < -0.4 is 5.32 Å². The van der Waals surface area contributed by atoms with Crippen LogP contribution >= 0.6 is 11.8 Å². The largest absolute Gasteiger partial charge is 0.380 e. The van der Waals surface area contributed by atoms with E-state index in [4.69, 9.17) is 4.74 Å². The van der Waals surface area contributed by atoms with E-state index in [1.165, 1.54) is 5.56 Å². The van der Waals surface area contributed by atoms with Gasteiger partial charge in [0.1, 0.15) is 0 Å². The van der Waals surface area contributed by atoms with Gasteiger partial charge in [-0.3, -0.25) is 4.79 Å². The molecule has 0 aliphatic rings.